The fourth-order valence-electron chi connectivity index (χ4n) is 3.79. The molecular weight excluding hydrogens is 206 g/mol. The fraction of sp³-hybridized carbons (Fsp3) is 0.833. The molecule has 0 radical (unpaired) electrons. The van der Waals surface area contributed by atoms with Crippen LogP contribution in [-0.2, 0) is 14.4 Å². The molecule has 0 aromatic heterocycles. The quantitative estimate of drug-likeness (QED) is 0.638. The van der Waals surface area contributed by atoms with Gasteiger partial charge < -0.3 is 9.57 Å². The van der Waals surface area contributed by atoms with Crippen LogP contribution in [0.3, 0.4) is 0 Å². The molecule has 4 nitrogen and oxygen atoms in total. The molecular formula is C12H17NO3. The number of nitrogens with zero attached hydrogens (tertiary/aromatic N) is 1. The number of rotatable bonds is 1. The maximum absolute atomic E-state index is 11.2. The molecule has 2 fully saturated rings. The Kier molecular flexibility index (Phi) is 1.65. The zero-order valence-electron chi connectivity index (χ0n) is 10.1. The first-order chi connectivity index (χ1) is 7.38. The van der Waals surface area contributed by atoms with Gasteiger partial charge in [0, 0.05) is 13.3 Å². The van der Waals surface area contributed by atoms with E-state index >= 15 is 0 Å². The summed E-state index contributed by atoms with van der Waals surface area (Å²) >= 11 is 0. The van der Waals surface area contributed by atoms with Crippen molar-refractivity contribution < 1.29 is 14.4 Å². The third-order valence-corrected chi connectivity index (χ3v) is 4.59. The normalized spacial score (nSPS) is 46.5. The monoisotopic (exact) mass is 223 g/mol. The molecule has 88 valence electrons. The van der Waals surface area contributed by atoms with Crippen LogP contribution in [0, 0.1) is 23.2 Å². The van der Waals surface area contributed by atoms with Crippen molar-refractivity contribution in [3.8, 4) is 0 Å². The Balaban J connectivity index is 1.92. The third-order valence-electron chi connectivity index (χ3n) is 4.59. The Morgan fingerprint density at radius 1 is 1.56 bits per heavy atom. The van der Waals surface area contributed by atoms with E-state index in [0.29, 0.717) is 17.3 Å². The standard InChI is InChI=1S/C12H17NO3/c1-6-9-10-8(11(10,3)4)5-12(9,16-13-6)15-7(2)14/h8-10H,5H2,1-4H3/t8-,9-,10?,12-/m1/s1. The van der Waals surface area contributed by atoms with Gasteiger partial charge in [0.15, 0.2) is 0 Å². The summed E-state index contributed by atoms with van der Waals surface area (Å²) in [6, 6.07) is 0. The third kappa shape index (κ3) is 1.00. The minimum atomic E-state index is -0.777. The summed E-state index contributed by atoms with van der Waals surface area (Å²) in [4.78, 5) is 16.6. The van der Waals surface area contributed by atoms with Gasteiger partial charge in [0.1, 0.15) is 0 Å². The molecule has 1 unspecified atom stereocenters. The van der Waals surface area contributed by atoms with Crippen molar-refractivity contribution in [2.75, 3.05) is 0 Å². The highest BCUT2D eigenvalue weighted by molar-refractivity contribution is 5.88. The summed E-state index contributed by atoms with van der Waals surface area (Å²) in [5.74, 6) is 0.256. The first kappa shape index (κ1) is 10.1. The zero-order valence-corrected chi connectivity index (χ0v) is 10.1. The first-order valence-corrected chi connectivity index (χ1v) is 5.81. The molecule has 4 heteroatoms. The van der Waals surface area contributed by atoms with Gasteiger partial charge in [-0.1, -0.05) is 19.0 Å². The van der Waals surface area contributed by atoms with Crippen molar-refractivity contribution >= 4 is 11.7 Å². The van der Waals surface area contributed by atoms with Crippen molar-refractivity contribution in [3.63, 3.8) is 0 Å². The molecule has 1 aliphatic heterocycles. The summed E-state index contributed by atoms with van der Waals surface area (Å²) in [6.07, 6.45) is 0.787. The highest BCUT2D eigenvalue weighted by Gasteiger charge is 2.77. The molecule has 2 aliphatic carbocycles. The molecule has 0 saturated heterocycles. The Morgan fingerprint density at radius 3 is 2.88 bits per heavy atom. The number of hydrogen-bond donors (Lipinski definition) is 0. The molecule has 0 N–H and O–H groups in total. The lowest BCUT2D eigenvalue weighted by atomic mass is 9.86. The SMILES string of the molecule is CC(=O)O[C@@]12C[C@@H]3C([C@H]1C(C)=NO2)C3(C)C. The topological polar surface area (TPSA) is 47.9 Å². The summed E-state index contributed by atoms with van der Waals surface area (Å²) in [5, 5.41) is 4.03. The van der Waals surface area contributed by atoms with Crippen molar-refractivity contribution in [1.82, 2.24) is 0 Å². The van der Waals surface area contributed by atoms with E-state index < -0.39 is 5.79 Å². The second-order valence-electron chi connectivity index (χ2n) is 5.86. The Labute approximate surface area is 95.0 Å². The highest BCUT2D eigenvalue weighted by Crippen LogP contribution is 2.73. The van der Waals surface area contributed by atoms with Crippen LogP contribution in [0.1, 0.15) is 34.1 Å². The summed E-state index contributed by atoms with van der Waals surface area (Å²) in [7, 11) is 0. The van der Waals surface area contributed by atoms with E-state index in [1.54, 1.807) is 0 Å². The van der Waals surface area contributed by atoms with E-state index in [-0.39, 0.29) is 11.9 Å². The lowest BCUT2D eigenvalue weighted by Gasteiger charge is -2.30. The van der Waals surface area contributed by atoms with E-state index in [1.165, 1.54) is 6.92 Å². The van der Waals surface area contributed by atoms with Gasteiger partial charge in [-0.2, -0.15) is 0 Å². The second-order valence-corrected chi connectivity index (χ2v) is 5.86. The van der Waals surface area contributed by atoms with E-state index in [1.807, 2.05) is 6.92 Å². The van der Waals surface area contributed by atoms with Crippen molar-refractivity contribution in [2.24, 2.45) is 28.3 Å². The molecule has 0 spiro atoms. The van der Waals surface area contributed by atoms with Crippen LogP contribution in [0.2, 0.25) is 0 Å². The average Bonchev–Trinajstić information content (AvgIpc) is 2.50. The number of ether oxygens (including phenoxy) is 1. The average molecular weight is 223 g/mol. The predicted molar refractivity (Wildman–Crippen MR) is 57.6 cm³/mol. The number of esters is 1. The van der Waals surface area contributed by atoms with Gasteiger partial charge in [-0.25, -0.2) is 0 Å². The summed E-state index contributed by atoms with van der Waals surface area (Å²) in [5.41, 5.74) is 1.32. The number of fused-ring (bicyclic) bond motifs is 3. The lowest BCUT2D eigenvalue weighted by molar-refractivity contribution is -0.234. The largest absolute Gasteiger partial charge is 0.420 e. The van der Waals surface area contributed by atoms with Crippen LogP contribution in [0.5, 0.6) is 0 Å². The number of oxime groups is 1. The van der Waals surface area contributed by atoms with Crippen LogP contribution in [0.4, 0.5) is 0 Å². The van der Waals surface area contributed by atoms with Gasteiger partial charge in [-0.15, -0.1) is 0 Å². The molecule has 16 heavy (non-hydrogen) atoms. The van der Waals surface area contributed by atoms with Crippen LogP contribution in [0.15, 0.2) is 5.16 Å². The predicted octanol–water partition coefficient (Wildman–Crippen LogP) is 1.94. The van der Waals surface area contributed by atoms with E-state index in [4.69, 9.17) is 9.57 Å². The number of carbonyl (C=O) groups is 1. The Morgan fingerprint density at radius 2 is 2.25 bits per heavy atom. The Bertz CT molecular complexity index is 401. The van der Waals surface area contributed by atoms with Crippen molar-refractivity contribution in [3.05, 3.63) is 0 Å². The maximum atomic E-state index is 11.2. The molecule has 2 saturated carbocycles. The van der Waals surface area contributed by atoms with E-state index in [2.05, 4.69) is 19.0 Å². The number of carbonyl (C=O) groups excluding carboxylic acids is 1. The zero-order chi connectivity index (χ0) is 11.7. The summed E-state index contributed by atoms with van der Waals surface area (Å²) < 4.78 is 5.41. The molecule has 0 amide bonds. The van der Waals surface area contributed by atoms with E-state index in [9.17, 15) is 4.79 Å². The molecule has 4 atom stereocenters. The maximum Gasteiger partial charge on any atom is 0.305 e. The molecule has 0 aromatic carbocycles. The van der Waals surface area contributed by atoms with Gasteiger partial charge in [0.2, 0.25) is 0 Å². The van der Waals surface area contributed by atoms with Crippen molar-refractivity contribution in [1.29, 1.82) is 0 Å². The highest BCUT2D eigenvalue weighted by atomic mass is 16.8. The first-order valence-electron chi connectivity index (χ1n) is 5.81. The minimum absolute atomic E-state index is 0.163. The molecule has 0 bridgehead atoms. The van der Waals surface area contributed by atoms with E-state index in [0.717, 1.165) is 12.1 Å². The van der Waals surface area contributed by atoms with Gasteiger partial charge in [-0.3, -0.25) is 4.79 Å². The lowest BCUT2D eigenvalue weighted by Crippen LogP contribution is -2.42. The molecule has 3 rings (SSSR count). The van der Waals surface area contributed by atoms with Crippen LogP contribution in [-0.4, -0.2) is 17.5 Å². The minimum Gasteiger partial charge on any atom is -0.420 e. The Hall–Kier alpha value is -1.06. The van der Waals surface area contributed by atoms with Gasteiger partial charge in [-0.05, 0) is 24.2 Å². The fourth-order valence-corrected chi connectivity index (χ4v) is 3.79. The number of hydrogen-bond acceptors (Lipinski definition) is 4. The molecule has 3 aliphatic rings. The smallest absolute Gasteiger partial charge is 0.305 e. The molecule has 0 aromatic rings. The second kappa shape index (κ2) is 2.60. The van der Waals surface area contributed by atoms with Crippen molar-refractivity contribution in [2.45, 2.75) is 39.9 Å². The van der Waals surface area contributed by atoms with Crippen LogP contribution < -0.4 is 0 Å². The van der Waals surface area contributed by atoms with Crippen LogP contribution in [0.25, 0.3) is 0 Å². The molecule has 1 heterocycles. The summed E-state index contributed by atoms with van der Waals surface area (Å²) in [6.45, 7) is 7.93. The van der Waals surface area contributed by atoms with Crippen LogP contribution >= 0.6 is 0 Å². The van der Waals surface area contributed by atoms with Gasteiger partial charge in [0.05, 0.1) is 11.6 Å². The van der Waals surface area contributed by atoms with Gasteiger partial charge >= 0.3 is 5.97 Å². The van der Waals surface area contributed by atoms with Gasteiger partial charge in [0.25, 0.3) is 5.79 Å².